The average Bonchev–Trinajstić information content (AvgIpc) is 3.01. The van der Waals surface area contributed by atoms with E-state index >= 15 is 0 Å². The maximum absolute atomic E-state index is 12.8. The second-order valence-electron chi connectivity index (χ2n) is 7.30. The maximum atomic E-state index is 12.8. The molecule has 3 rings (SSSR count). The molecule has 2 heterocycles. The molecule has 0 aromatic rings. The minimum absolute atomic E-state index is 0.121. The highest BCUT2D eigenvalue weighted by Gasteiger charge is 2.47. The summed E-state index contributed by atoms with van der Waals surface area (Å²) in [5.74, 6) is 0.121. The van der Waals surface area contributed by atoms with Gasteiger partial charge in [0.05, 0.1) is 6.07 Å². The second kappa shape index (κ2) is 5.61. The Morgan fingerprint density at radius 3 is 2.14 bits per heavy atom. The molecule has 0 radical (unpaired) electrons. The second-order valence-corrected chi connectivity index (χ2v) is 7.30. The van der Waals surface area contributed by atoms with E-state index in [0.717, 1.165) is 51.6 Å². The summed E-state index contributed by atoms with van der Waals surface area (Å²) in [6.07, 6.45) is 9.65. The molecule has 2 saturated heterocycles. The number of nitrogens with zero attached hydrogens (tertiary/aromatic N) is 3. The van der Waals surface area contributed by atoms with Crippen LogP contribution < -0.4 is 0 Å². The van der Waals surface area contributed by atoms with E-state index in [1.807, 2.05) is 4.90 Å². The van der Waals surface area contributed by atoms with Crippen molar-refractivity contribution in [2.45, 2.75) is 63.3 Å². The summed E-state index contributed by atoms with van der Waals surface area (Å²) in [5.41, 5.74) is -0.368. The van der Waals surface area contributed by atoms with E-state index in [1.54, 1.807) is 0 Å². The summed E-state index contributed by atoms with van der Waals surface area (Å²) in [6.45, 7) is 2.87. The molecule has 4 nitrogen and oxygen atoms in total. The van der Waals surface area contributed by atoms with Gasteiger partial charge in [0.1, 0.15) is 5.41 Å². The van der Waals surface area contributed by atoms with Gasteiger partial charge in [-0.25, -0.2) is 0 Å². The number of likely N-dealkylation sites (tertiary alicyclic amines) is 2. The first-order valence-electron chi connectivity index (χ1n) is 8.54. The smallest absolute Gasteiger partial charge is 0.243 e. The largest absolute Gasteiger partial charge is 0.341 e. The highest BCUT2D eigenvalue weighted by Crippen LogP contribution is 2.41. The van der Waals surface area contributed by atoms with Crippen molar-refractivity contribution in [2.75, 3.05) is 26.7 Å². The Morgan fingerprint density at radius 2 is 1.57 bits per heavy atom. The van der Waals surface area contributed by atoms with Gasteiger partial charge in [-0.1, -0.05) is 19.3 Å². The average molecular weight is 289 g/mol. The molecule has 2 aliphatic heterocycles. The van der Waals surface area contributed by atoms with Gasteiger partial charge in [-0.2, -0.15) is 5.26 Å². The van der Waals surface area contributed by atoms with Crippen LogP contribution in [-0.4, -0.2) is 47.9 Å². The number of carbonyl (C=O) groups is 1. The molecule has 0 bridgehead atoms. The predicted octanol–water partition coefficient (Wildman–Crippen LogP) is 2.55. The number of amides is 1. The van der Waals surface area contributed by atoms with Gasteiger partial charge in [0.15, 0.2) is 0 Å². The first-order valence-corrected chi connectivity index (χ1v) is 8.54. The Hall–Kier alpha value is -1.08. The number of carbonyl (C=O) groups excluding carboxylic acids is 1. The normalized spacial score (nSPS) is 28.5. The van der Waals surface area contributed by atoms with Gasteiger partial charge >= 0.3 is 0 Å². The number of piperidine rings is 2. The van der Waals surface area contributed by atoms with E-state index in [0.29, 0.717) is 5.54 Å². The van der Waals surface area contributed by atoms with Crippen LogP contribution in [0.4, 0.5) is 0 Å². The SMILES string of the molecule is CN1CCCCC12CCN(C(=O)C1(C#N)CCCC1)CC2. The van der Waals surface area contributed by atoms with Gasteiger partial charge < -0.3 is 9.80 Å². The third-order valence-corrected chi connectivity index (χ3v) is 6.26. The van der Waals surface area contributed by atoms with Gasteiger partial charge in [-0.3, -0.25) is 4.79 Å². The summed E-state index contributed by atoms with van der Waals surface area (Å²) in [5, 5.41) is 9.50. The highest BCUT2D eigenvalue weighted by molar-refractivity contribution is 5.86. The van der Waals surface area contributed by atoms with Gasteiger partial charge in [0.25, 0.3) is 0 Å². The van der Waals surface area contributed by atoms with Crippen molar-refractivity contribution < 1.29 is 4.79 Å². The summed E-state index contributed by atoms with van der Waals surface area (Å²) in [6, 6.07) is 2.35. The Kier molecular flexibility index (Phi) is 3.96. The van der Waals surface area contributed by atoms with Crippen LogP contribution >= 0.6 is 0 Å². The van der Waals surface area contributed by atoms with Crippen LogP contribution in [-0.2, 0) is 4.79 Å². The molecule has 3 aliphatic rings. The van der Waals surface area contributed by atoms with Crippen LogP contribution in [0.25, 0.3) is 0 Å². The lowest BCUT2D eigenvalue weighted by atomic mass is 9.78. The molecule has 1 spiro atoms. The van der Waals surface area contributed by atoms with Crippen LogP contribution in [0.5, 0.6) is 0 Å². The zero-order valence-corrected chi connectivity index (χ0v) is 13.2. The molecule has 1 aliphatic carbocycles. The zero-order chi connectivity index (χ0) is 14.9. The van der Waals surface area contributed by atoms with Crippen molar-refractivity contribution in [1.29, 1.82) is 5.26 Å². The first kappa shape index (κ1) is 14.8. The van der Waals surface area contributed by atoms with Gasteiger partial charge in [-0.05, 0) is 52.1 Å². The van der Waals surface area contributed by atoms with E-state index < -0.39 is 5.41 Å². The van der Waals surface area contributed by atoms with Crippen LogP contribution in [0.1, 0.15) is 57.8 Å². The fourth-order valence-electron chi connectivity index (χ4n) is 4.64. The molecule has 1 saturated carbocycles. The molecule has 4 heteroatoms. The van der Waals surface area contributed by atoms with Crippen LogP contribution in [0.2, 0.25) is 0 Å². The van der Waals surface area contributed by atoms with E-state index in [9.17, 15) is 10.1 Å². The van der Waals surface area contributed by atoms with Gasteiger partial charge in [-0.15, -0.1) is 0 Å². The van der Waals surface area contributed by atoms with Crippen molar-refractivity contribution in [3.8, 4) is 6.07 Å². The lowest BCUT2D eigenvalue weighted by Gasteiger charge is -2.50. The van der Waals surface area contributed by atoms with Crippen LogP contribution in [0, 0.1) is 16.7 Å². The predicted molar refractivity (Wildman–Crippen MR) is 81.5 cm³/mol. The number of nitriles is 1. The number of rotatable bonds is 1. The molecule has 0 N–H and O–H groups in total. The number of hydrogen-bond acceptors (Lipinski definition) is 3. The van der Waals surface area contributed by atoms with E-state index in [1.165, 1.54) is 25.8 Å². The molecule has 1 amide bonds. The molecule has 0 unspecified atom stereocenters. The fourth-order valence-corrected chi connectivity index (χ4v) is 4.64. The van der Waals surface area contributed by atoms with E-state index in [-0.39, 0.29) is 5.91 Å². The summed E-state index contributed by atoms with van der Waals surface area (Å²) >= 11 is 0. The Balaban J connectivity index is 1.66. The van der Waals surface area contributed by atoms with Crippen molar-refractivity contribution in [2.24, 2.45) is 5.41 Å². The third-order valence-electron chi connectivity index (χ3n) is 6.26. The Bertz CT molecular complexity index is 439. The standard InChI is InChI=1S/C17H27N3O/c1-19-11-5-4-8-17(19)9-12-20(13-10-17)15(21)16(14-18)6-2-3-7-16/h2-13H2,1H3. The van der Waals surface area contributed by atoms with Gasteiger partial charge in [0.2, 0.25) is 5.91 Å². The van der Waals surface area contributed by atoms with Gasteiger partial charge in [0, 0.05) is 18.6 Å². The van der Waals surface area contributed by atoms with Crippen molar-refractivity contribution >= 4 is 5.91 Å². The zero-order valence-electron chi connectivity index (χ0n) is 13.2. The molecular formula is C17H27N3O. The summed E-state index contributed by atoms with van der Waals surface area (Å²) in [7, 11) is 2.24. The first-order chi connectivity index (χ1) is 10.1. The van der Waals surface area contributed by atoms with Crippen molar-refractivity contribution in [3.05, 3.63) is 0 Å². The monoisotopic (exact) mass is 289 g/mol. The third kappa shape index (κ3) is 2.46. The number of hydrogen-bond donors (Lipinski definition) is 0. The van der Waals surface area contributed by atoms with Crippen molar-refractivity contribution in [3.63, 3.8) is 0 Å². The molecule has 116 valence electrons. The van der Waals surface area contributed by atoms with Crippen LogP contribution in [0.15, 0.2) is 0 Å². The van der Waals surface area contributed by atoms with Crippen molar-refractivity contribution in [1.82, 2.24) is 9.80 Å². The fraction of sp³-hybridized carbons (Fsp3) is 0.882. The minimum Gasteiger partial charge on any atom is -0.341 e. The molecule has 3 fully saturated rings. The van der Waals surface area contributed by atoms with E-state index in [4.69, 9.17) is 0 Å². The summed E-state index contributed by atoms with van der Waals surface area (Å²) < 4.78 is 0. The molecule has 21 heavy (non-hydrogen) atoms. The lowest BCUT2D eigenvalue weighted by Crippen LogP contribution is -2.58. The topological polar surface area (TPSA) is 47.3 Å². The molecule has 0 aromatic heterocycles. The summed E-state index contributed by atoms with van der Waals surface area (Å²) in [4.78, 5) is 17.3. The van der Waals surface area contributed by atoms with Crippen LogP contribution in [0.3, 0.4) is 0 Å². The molecule has 0 aromatic carbocycles. The minimum atomic E-state index is -0.691. The molecule has 0 atom stereocenters. The molecular weight excluding hydrogens is 262 g/mol. The Morgan fingerprint density at radius 1 is 0.952 bits per heavy atom. The lowest BCUT2D eigenvalue weighted by molar-refractivity contribution is -0.142. The highest BCUT2D eigenvalue weighted by atomic mass is 16.2. The Labute approximate surface area is 128 Å². The van der Waals surface area contributed by atoms with E-state index in [2.05, 4.69) is 18.0 Å². The maximum Gasteiger partial charge on any atom is 0.243 e. The quantitative estimate of drug-likeness (QED) is 0.745.